The minimum atomic E-state index is -1.18. The van der Waals surface area contributed by atoms with Crippen LogP contribution in [0.5, 0.6) is 0 Å². The third-order valence-electron chi connectivity index (χ3n) is 4.27. The number of carbonyl (C=O) groups excluding carboxylic acids is 2. The van der Waals surface area contributed by atoms with E-state index in [1.54, 1.807) is 6.92 Å². The van der Waals surface area contributed by atoms with E-state index in [0.717, 1.165) is 12.8 Å². The van der Waals surface area contributed by atoms with Crippen molar-refractivity contribution in [2.45, 2.75) is 42.7 Å². The van der Waals surface area contributed by atoms with Gasteiger partial charge in [-0.3, -0.25) is 9.59 Å². The summed E-state index contributed by atoms with van der Waals surface area (Å²) in [5.74, 6) is -1.50. The van der Waals surface area contributed by atoms with E-state index in [-0.39, 0.29) is 12.5 Å². The Morgan fingerprint density at radius 3 is 2.35 bits per heavy atom. The molecule has 1 amide bonds. The lowest BCUT2D eigenvalue weighted by Gasteiger charge is -2.20. The highest BCUT2D eigenvalue weighted by atomic mass is 35.5. The maximum atomic E-state index is 13.1. The highest BCUT2D eigenvalue weighted by Gasteiger charge is 2.69. The van der Waals surface area contributed by atoms with Crippen LogP contribution >= 0.6 is 23.2 Å². The number of ether oxygens (including phenoxy) is 1. The van der Waals surface area contributed by atoms with E-state index in [4.69, 9.17) is 27.9 Å². The molecule has 2 aliphatic rings. The molecule has 124 valence electrons. The zero-order chi connectivity index (χ0) is 16.8. The molecule has 3 rings (SSSR count). The number of hydrogen-bond donors (Lipinski definition) is 1. The molecule has 23 heavy (non-hydrogen) atoms. The molecule has 0 heterocycles. The summed E-state index contributed by atoms with van der Waals surface area (Å²) >= 11 is 12.0. The molecule has 0 unspecified atom stereocenters. The molecule has 4 nitrogen and oxygen atoms in total. The van der Waals surface area contributed by atoms with Crippen molar-refractivity contribution >= 4 is 35.1 Å². The van der Waals surface area contributed by atoms with Gasteiger partial charge in [0.2, 0.25) is 6.10 Å². The molecule has 0 saturated heterocycles. The van der Waals surface area contributed by atoms with Gasteiger partial charge in [-0.1, -0.05) is 12.1 Å². The van der Waals surface area contributed by atoms with Crippen LogP contribution in [0.25, 0.3) is 0 Å². The molecule has 2 aliphatic carbocycles. The highest BCUT2D eigenvalue weighted by Crippen LogP contribution is 2.64. The SMILES string of the molecule is C[C@]1(C(=O)O[C@@H](C(=O)NC2CC2)c2ccc(F)cc2)CC1(Cl)Cl. The Balaban J connectivity index is 1.78. The third kappa shape index (κ3) is 3.31. The fourth-order valence-electron chi connectivity index (χ4n) is 2.27. The first-order chi connectivity index (χ1) is 10.7. The van der Waals surface area contributed by atoms with Gasteiger partial charge in [-0.2, -0.15) is 0 Å². The first kappa shape index (κ1) is 16.5. The molecular weight excluding hydrogens is 344 g/mol. The average molecular weight is 360 g/mol. The van der Waals surface area contributed by atoms with Gasteiger partial charge in [-0.05, 0) is 31.9 Å². The summed E-state index contributed by atoms with van der Waals surface area (Å²) in [6, 6.07) is 5.38. The van der Waals surface area contributed by atoms with Crippen LogP contribution in [-0.4, -0.2) is 22.3 Å². The van der Waals surface area contributed by atoms with Crippen molar-refractivity contribution in [2.24, 2.45) is 5.41 Å². The molecule has 0 spiro atoms. The fraction of sp³-hybridized carbons (Fsp3) is 0.500. The predicted octanol–water partition coefficient (Wildman–Crippen LogP) is 3.27. The Labute approximate surface area is 143 Å². The molecule has 2 fully saturated rings. The number of esters is 1. The smallest absolute Gasteiger partial charge is 0.316 e. The maximum Gasteiger partial charge on any atom is 0.316 e. The summed E-state index contributed by atoms with van der Waals surface area (Å²) in [6.07, 6.45) is 0.924. The van der Waals surface area contributed by atoms with E-state index < -0.39 is 33.5 Å². The van der Waals surface area contributed by atoms with Crippen LogP contribution < -0.4 is 5.32 Å². The van der Waals surface area contributed by atoms with Crippen LogP contribution in [0.1, 0.15) is 37.9 Å². The Bertz CT molecular complexity index is 645. The highest BCUT2D eigenvalue weighted by molar-refractivity contribution is 6.53. The molecular formula is C16H16Cl2FNO3. The Morgan fingerprint density at radius 2 is 1.87 bits per heavy atom. The van der Waals surface area contributed by atoms with Gasteiger partial charge in [0.1, 0.15) is 15.6 Å². The summed E-state index contributed by atoms with van der Waals surface area (Å²) in [7, 11) is 0. The zero-order valence-corrected chi connectivity index (χ0v) is 14.0. The number of alkyl halides is 2. The van der Waals surface area contributed by atoms with Crippen LogP contribution in [0.4, 0.5) is 4.39 Å². The summed E-state index contributed by atoms with van der Waals surface area (Å²) in [4.78, 5) is 24.7. The standard InChI is InChI=1S/C16H16Cl2FNO3/c1-15(8-16(15,17)18)14(22)23-12(13(21)20-11-6-7-11)9-2-4-10(19)5-3-9/h2-5,11-12H,6-8H2,1H3,(H,20,21)/t12-,15-/m1/s1. The van der Waals surface area contributed by atoms with Gasteiger partial charge in [0, 0.05) is 18.0 Å². The molecule has 0 aliphatic heterocycles. The minimum absolute atomic E-state index is 0.112. The van der Waals surface area contributed by atoms with Crippen molar-refractivity contribution < 1.29 is 18.7 Å². The van der Waals surface area contributed by atoms with Crippen LogP contribution in [0.2, 0.25) is 0 Å². The molecule has 1 aromatic rings. The van der Waals surface area contributed by atoms with E-state index in [1.807, 2.05) is 0 Å². The number of nitrogens with one attached hydrogen (secondary N) is 1. The van der Waals surface area contributed by atoms with Crippen LogP contribution in [0, 0.1) is 11.2 Å². The molecule has 7 heteroatoms. The topological polar surface area (TPSA) is 55.4 Å². The van der Waals surface area contributed by atoms with Gasteiger partial charge in [-0.15, -0.1) is 23.2 Å². The number of carbonyl (C=O) groups is 2. The summed E-state index contributed by atoms with van der Waals surface area (Å²) in [5, 5.41) is 2.79. The molecule has 0 aromatic heterocycles. The largest absolute Gasteiger partial charge is 0.447 e. The monoisotopic (exact) mass is 359 g/mol. The van der Waals surface area contributed by atoms with Gasteiger partial charge in [0.05, 0.1) is 0 Å². The number of halogens is 3. The van der Waals surface area contributed by atoms with Gasteiger partial charge in [0.25, 0.3) is 5.91 Å². The quantitative estimate of drug-likeness (QED) is 0.648. The molecule has 0 radical (unpaired) electrons. The lowest BCUT2D eigenvalue weighted by atomic mass is 10.1. The Morgan fingerprint density at radius 1 is 1.30 bits per heavy atom. The minimum Gasteiger partial charge on any atom is -0.447 e. The zero-order valence-electron chi connectivity index (χ0n) is 12.4. The second-order valence-corrected chi connectivity index (χ2v) is 7.82. The van der Waals surface area contributed by atoms with Gasteiger partial charge >= 0.3 is 5.97 Å². The van der Waals surface area contributed by atoms with Gasteiger partial charge in [0.15, 0.2) is 0 Å². The molecule has 1 N–H and O–H groups in total. The van der Waals surface area contributed by atoms with E-state index in [0.29, 0.717) is 5.56 Å². The number of rotatable bonds is 5. The third-order valence-corrected chi connectivity index (χ3v) is 5.37. The Kier molecular flexibility index (Phi) is 4.05. The van der Waals surface area contributed by atoms with Crippen molar-refractivity contribution in [2.75, 3.05) is 0 Å². The van der Waals surface area contributed by atoms with Gasteiger partial charge in [-0.25, -0.2) is 4.39 Å². The molecule has 1 aromatic carbocycles. The molecule has 0 bridgehead atoms. The van der Waals surface area contributed by atoms with Crippen molar-refractivity contribution in [3.05, 3.63) is 35.6 Å². The van der Waals surface area contributed by atoms with Crippen molar-refractivity contribution in [1.29, 1.82) is 0 Å². The lowest BCUT2D eigenvalue weighted by molar-refractivity contribution is -0.161. The van der Waals surface area contributed by atoms with Crippen LogP contribution in [0.3, 0.4) is 0 Å². The molecule has 2 atom stereocenters. The summed E-state index contributed by atoms with van der Waals surface area (Å²) in [6.45, 7) is 1.59. The van der Waals surface area contributed by atoms with Crippen molar-refractivity contribution in [1.82, 2.24) is 5.32 Å². The first-order valence-corrected chi connectivity index (χ1v) is 8.13. The van der Waals surface area contributed by atoms with Crippen LogP contribution in [-0.2, 0) is 14.3 Å². The summed E-state index contributed by atoms with van der Waals surface area (Å²) in [5.41, 5.74) is -0.634. The normalized spacial score (nSPS) is 26.3. The van der Waals surface area contributed by atoms with E-state index in [1.165, 1.54) is 24.3 Å². The fourth-order valence-corrected chi connectivity index (χ4v) is 2.96. The molecule has 2 saturated carbocycles. The second kappa shape index (κ2) is 5.64. The van der Waals surface area contributed by atoms with Crippen LogP contribution in [0.15, 0.2) is 24.3 Å². The lowest BCUT2D eigenvalue weighted by Crippen LogP contribution is -2.35. The summed E-state index contributed by atoms with van der Waals surface area (Å²) < 4.78 is 17.3. The van der Waals surface area contributed by atoms with E-state index >= 15 is 0 Å². The first-order valence-electron chi connectivity index (χ1n) is 7.38. The Hall–Kier alpha value is -1.33. The van der Waals surface area contributed by atoms with E-state index in [9.17, 15) is 14.0 Å². The average Bonchev–Trinajstić information content (AvgIpc) is 3.36. The second-order valence-electron chi connectivity index (χ2n) is 6.33. The number of benzene rings is 1. The number of hydrogen-bond acceptors (Lipinski definition) is 3. The maximum absolute atomic E-state index is 13.1. The van der Waals surface area contributed by atoms with Gasteiger partial charge < -0.3 is 10.1 Å². The number of amides is 1. The van der Waals surface area contributed by atoms with Crippen molar-refractivity contribution in [3.8, 4) is 0 Å². The van der Waals surface area contributed by atoms with Crippen molar-refractivity contribution in [3.63, 3.8) is 0 Å². The van der Waals surface area contributed by atoms with E-state index in [2.05, 4.69) is 5.32 Å². The predicted molar refractivity (Wildman–Crippen MR) is 83.6 cm³/mol.